The lowest BCUT2D eigenvalue weighted by Gasteiger charge is -2.10. The van der Waals surface area contributed by atoms with Crippen LogP contribution in [0.3, 0.4) is 0 Å². The Bertz CT molecular complexity index is 787. The quantitative estimate of drug-likeness (QED) is 0.814. The van der Waals surface area contributed by atoms with Crippen LogP contribution < -0.4 is 4.74 Å². The molecule has 1 aromatic carbocycles. The highest BCUT2D eigenvalue weighted by molar-refractivity contribution is 8.13. The molecule has 1 N–H and O–H groups in total. The molecule has 10 heteroatoms. The van der Waals surface area contributed by atoms with Gasteiger partial charge in [0.25, 0.3) is 9.05 Å². The van der Waals surface area contributed by atoms with Crippen molar-refractivity contribution in [3.8, 4) is 5.75 Å². The highest BCUT2D eigenvalue weighted by atomic mass is 35.7. The molecule has 0 radical (unpaired) electrons. The maximum Gasteiger partial charge on any atom is 0.335 e. The van der Waals surface area contributed by atoms with Crippen molar-refractivity contribution in [1.82, 2.24) is 14.8 Å². The van der Waals surface area contributed by atoms with Gasteiger partial charge in [-0.3, -0.25) is 0 Å². The van der Waals surface area contributed by atoms with E-state index in [2.05, 4.69) is 10.2 Å². The average molecular weight is 332 g/mol. The first-order chi connectivity index (χ1) is 9.79. The second kappa shape index (κ2) is 5.70. The van der Waals surface area contributed by atoms with E-state index in [4.69, 9.17) is 20.5 Å². The molecule has 0 atom stereocenters. The molecule has 1 aromatic heterocycles. The molecule has 0 fully saturated rings. The fourth-order valence-corrected chi connectivity index (χ4v) is 2.53. The second-order valence-corrected chi connectivity index (χ2v) is 6.59. The van der Waals surface area contributed by atoms with Crippen LogP contribution in [0, 0.1) is 0 Å². The highest BCUT2D eigenvalue weighted by Crippen LogP contribution is 2.28. The number of carboxylic acids is 1. The van der Waals surface area contributed by atoms with Gasteiger partial charge < -0.3 is 14.4 Å². The van der Waals surface area contributed by atoms with Gasteiger partial charge in [0.05, 0.1) is 5.56 Å². The van der Waals surface area contributed by atoms with Crippen LogP contribution in [0.4, 0.5) is 0 Å². The minimum atomic E-state index is -4.15. The van der Waals surface area contributed by atoms with Gasteiger partial charge in [-0.15, -0.1) is 10.2 Å². The van der Waals surface area contributed by atoms with Crippen LogP contribution in [-0.4, -0.2) is 34.3 Å². The van der Waals surface area contributed by atoms with Crippen molar-refractivity contribution >= 4 is 25.7 Å². The second-order valence-electron chi connectivity index (χ2n) is 4.05. The summed E-state index contributed by atoms with van der Waals surface area (Å²) in [6, 6.07) is 3.39. The lowest BCUT2D eigenvalue weighted by atomic mass is 10.2. The third-order valence-corrected chi connectivity index (χ3v) is 3.96. The third kappa shape index (κ3) is 3.50. The summed E-state index contributed by atoms with van der Waals surface area (Å²) in [6.45, 7) is -0.0394. The summed E-state index contributed by atoms with van der Waals surface area (Å²) in [5, 5.41) is 16.3. The number of aromatic carboxylic acids is 1. The maximum absolute atomic E-state index is 11.5. The molecular weight excluding hydrogens is 322 g/mol. The minimum Gasteiger partial charge on any atom is -0.484 e. The van der Waals surface area contributed by atoms with Gasteiger partial charge in [-0.2, -0.15) is 0 Å². The maximum atomic E-state index is 11.5. The van der Waals surface area contributed by atoms with E-state index in [0.29, 0.717) is 5.82 Å². The van der Waals surface area contributed by atoms with Crippen LogP contribution >= 0.6 is 10.7 Å². The number of carboxylic acid groups (broad SMARTS) is 1. The molecule has 2 rings (SSSR count). The van der Waals surface area contributed by atoms with Crippen LogP contribution in [0.25, 0.3) is 0 Å². The van der Waals surface area contributed by atoms with Crippen molar-refractivity contribution < 1.29 is 23.1 Å². The zero-order valence-electron chi connectivity index (χ0n) is 10.7. The average Bonchev–Trinajstić information content (AvgIpc) is 2.80. The summed E-state index contributed by atoms with van der Waals surface area (Å²) in [5.41, 5.74) is -0.208. The summed E-state index contributed by atoms with van der Waals surface area (Å²) in [5.74, 6) is -0.857. The van der Waals surface area contributed by atoms with E-state index < -0.39 is 19.9 Å². The molecule has 0 saturated heterocycles. The monoisotopic (exact) mass is 331 g/mol. The summed E-state index contributed by atoms with van der Waals surface area (Å²) >= 11 is 0. The molecule has 0 unspecified atom stereocenters. The van der Waals surface area contributed by atoms with Gasteiger partial charge in [-0.25, -0.2) is 13.2 Å². The van der Waals surface area contributed by atoms with Crippen LogP contribution in [0.1, 0.15) is 16.2 Å². The van der Waals surface area contributed by atoms with Gasteiger partial charge in [-0.1, -0.05) is 0 Å². The van der Waals surface area contributed by atoms with Crippen molar-refractivity contribution in [1.29, 1.82) is 0 Å². The molecule has 0 aliphatic carbocycles. The van der Waals surface area contributed by atoms with Crippen LogP contribution in [0.2, 0.25) is 0 Å². The summed E-state index contributed by atoms with van der Waals surface area (Å²) in [4.78, 5) is 10.5. The molecule has 21 heavy (non-hydrogen) atoms. The van der Waals surface area contributed by atoms with Crippen molar-refractivity contribution in [2.75, 3.05) is 0 Å². The fraction of sp³-hybridized carbons (Fsp3) is 0.182. The molecule has 0 aliphatic rings. The lowest BCUT2D eigenvalue weighted by Crippen LogP contribution is -2.07. The highest BCUT2D eigenvalue weighted by Gasteiger charge is 2.20. The molecule has 2 aromatic rings. The van der Waals surface area contributed by atoms with E-state index in [-0.39, 0.29) is 17.9 Å². The molecule has 8 nitrogen and oxygen atoms in total. The number of carbonyl (C=O) groups is 1. The Balaban J connectivity index is 2.35. The number of nitrogens with zero attached hydrogens (tertiary/aromatic N) is 3. The van der Waals surface area contributed by atoms with E-state index in [1.54, 1.807) is 11.6 Å². The van der Waals surface area contributed by atoms with E-state index in [0.717, 1.165) is 6.07 Å². The molecule has 112 valence electrons. The molecule has 0 saturated carbocycles. The number of hydrogen-bond donors (Lipinski definition) is 1. The third-order valence-electron chi connectivity index (χ3n) is 2.62. The van der Waals surface area contributed by atoms with E-state index >= 15 is 0 Å². The van der Waals surface area contributed by atoms with E-state index in [1.807, 2.05) is 0 Å². The molecule has 0 bridgehead atoms. The van der Waals surface area contributed by atoms with Crippen LogP contribution in [0.5, 0.6) is 5.75 Å². The van der Waals surface area contributed by atoms with Crippen molar-refractivity contribution in [2.45, 2.75) is 11.5 Å². The Kier molecular flexibility index (Phi) is 4.14. The summed E-state index contributed by atoms with van der Waals surface area (Å²) in [6.07, 6.45) is 1.46. The zero-order valence-corrected chi connectivity index (χ0v) is 12.3. The Morgan fingerprint density at radius 2 is 2.19 bits per heavy atom. The molecule has 0 spiro atoms. The molecule has 0 amide bonds. The number of aromatic nitrogens is 3. The molecular formula is C11H10ClN3O5S. The van der Waals surface area contributed by atoms with Gasteiger partial charge in [0.15, 0.2) is 5.82 Å². The van der Waals surface area contributed by atoms with E-state index in [1.165, 1.54) is 18.5 Å². The summed E-state index contributed by atoms with van der Waals surface area (Å²) < 4.78 is 30.0. The first-order valence-electron chi connectivity index (χ1n) is 5.56. The topological polar surface area (TPSA) is 111 Å². The number of hydrogen-bond acceptors (Lipinski definition) is 6. The van der Waals surface area contributed by atoms with E-state index in [9.17, 15) is 13.2 Å². The first-order valence-corrected chi connectivity index (χ1v) is 7.87. The largest absolute Gasteiger partial charge is 0.484 e. The normalized spacial score (nSPS) is 11.3. The van der Waals surface area contributed by atoms with Gasteiger partial charge in [0, 0.05) is 17.7 Å². The number of benzene rings is 1. The predicted molar refractivity (Wildman–Crippen MR) is 71.8 cm³/mol. The Morgan fingerprint density at radius 1 is 1.48 bits per heavy atom. The first kappa shape index (κ1) is 15.3. The van der Waals surface area contributed by atoms with Crippen molar-refractivity contribution in [3.63, 3.8) is 0 Å². The Hall–Kier alpha value is -2.13. The van der Waals surface area contributed by atoms with Gasteiger partial charge in [0.1, 0.15) is 23.6 Å². The fourth-order valence-electron chi connectivity index (χ4n) is 1.53. The zero-order chi connectivity index (χ0) is 15.6. The molecule has 1 heterocycles. The molecule has 0 aliphatic heterocycles. The Morgan fingerprint density at radius 3 is 2.71 bits per heavy atom. The predicted octanol–water partition coefficient (Wildman–Crippen LogP) is 1.02. The minimum absolute atomic E-state index is 0.0394. The lowest BCUT2D eigenvalue weighted by molar-refractivity contribution is 0.0696. The summed E-state index contributed by atoms with van der Waals surface area (Å²) in [7, 11) is 2.85. The Labute approximate surface area is 124 Å². The number of halogens is 1. The van der Waals surface area contributed by atoms with Crippen molar-refractivity contribution in [2.24, 2.45) is 7.05 Å². The van der Waals surface area contributed by atoms with Gasteiger partial charge in [0.2, 0.25) is 0 Å². The van der Waals surface area contributed by atoms with Crippen LogP contribution in [-0.2, 0) is 22.7 Å². The van der Waals surface area contributed by atoms with Crippen molar-refractivity contribution in [3.05, 3.63) is 35.9 Å². The number of rotatable bonds is 5. The number of ether oxygens (including phenoxy) is 1. The van der Waals surface area contributed by atoms with Gasteiger partial charge >= 0.3 is 5.97 Å². The SMILES string of the molecule is Cn1cnnc1COc1ccc(C(=O)O)cc1S(=O)(=O)Cl. The number of aryl methyl sites for hydroxylation is 1. The van der Waals surface area contributed by atoms with Gasteiger partial charge in [-0.05, 0) is 18.2 Å². The van der Waals surface area contributed by atoms with Crippen LogP contribution in [0.15, 0.2) is 29.4 Å². The standard InChI is InChI=1S/C11H10ClN3O5S/c1-15-6-13-14-10(15)5-20-8-3-2-7(11(16)17)4-9(8)21(12,18)19/h2-4,6H,5H2,1H3,(H,16,17). The smallest absolute Gasteiger partial charge is 0.335 e.